The van der Waals surface area contributed by atoms with E-state index in [-0.39, 0.29) is 6.61 Å². The second-order valence-corrected chi connectivity index (χ2v) is 3.88. The minimum absolute atomic E-state index is 0.0909. The van der Waals surface area contributed by atoms with Gasteiger partial charge in [0.25, 0.3) is 0 Å². The van der Waals surface area contributed by atoms with Crippen molar-refractivity contribution in [3.63, 3.8) is 0 Å². The van der Waals surface area contributed by atoms with Crippen LogP contribution in [0.4, 0.5) is 5.69 Å². The quantitative estimate of drug-likeness (QED) is 0.812. The number of rotatable bonds is 6. The van der Waals surface area contributed by atoms with E-state index in [1.807, 2.05) is 30.5 Å². The lowest BCUT2D eigenvalue weighted by atomic mass is 10.2. The van der Waals surface area contributed by atoms with Crippen LogP contribution in [0.5, 0.6) is 5.75 Å². The number of aromatic nitrogens is 2. The number of anilines is 1. The molecule has 2 aromatic rings. The highest BCUT2D eigenvalue weighted by atomic mass is 16.5. The minimum atomic E-state index is 0.0909. The van der Waals surface area contributed by atoms with Gasteiger partial charge in [0.05, 0.1) is 32.1 Å². The summed E-state index contributed by atoms with van der Waals surface area (Å²) in [6, 6.07) is 7.88. The van der Waals surface area contributed by atoms with Crippen molar-refractivity contribution in [3.05, 3.63) is 42.2 Å². The fourth-order valence-electron chi connectivity index (χ4n) is 1.73. The molecule has 96 valence electrons. The van der Waals surface area contributed by atoms with Crippen LogP contribution in [0.25, 0.3) is 0 Å². The van der Waals surface area contributed by atoms with E-state index >= 15 is 0 Å². The van der Waals surface area contributed by atoms with Crippen molar-refractivity contribution >= 4 is 5.69 Å². The summed E-state index contributed by atoms with van der Waals surface area (Å²) in [6.45, 7) is 1.28. The summed E-state index contributed by atoms with van der Waals surface area (Å²) in [6.07, 6.45) is 3.61. The van der Waals surface area contributed by atoms with Crippen LogP contribution in [0.2, 0.25) is 0 Å². The summed E-state index contributed by atoms with van der Waals surface area (Å²) in [5.41, 5.74) is 2.02. The molecule has 0 amide bonds. The van der Waals surface area contributed by atoms with Gasteiger partial charge in [0, 0.05) is 18.3 Å². The van der Waals surface area contributed by atoms with Gasteiger partial charge in [-0.15, -0.1) is 0 Å². The van der Waals surface area contributed by atoms with E-state index in [9.17, 15) is 0 Å². The Kier molecular flexibility index (Phi) is 4.20. The van der Waals surface area contributed by atoms with Crippen LogP contribution in [0, 0.1) is 0 Å². The van der Waals surface area contributed by atoms with Gasteiger partial charge in [-0.05, 0) is 6.07 Å². The average molecular weight is 247 g/mol. The molecule has 2 rings (SSSR count). The third-order valence-corrected chi connectivity index (χ3v) is 2.64. The largest absolute Gasteiger partial charge is 0.496 e. The SMILES string of the molecule is COc1ccccc1CNc1cnn(CCO)c1. The molecule has 0 saturated carbocycles. The van der Waals surface area contributed by atoms with Gasteiger partial charge in [0.15, 0.2) is 0 Å². The van der Waals surface area contributed by atoms with Crippen molar-refractivity contribution in [1.82, 2.24) is 9.78 Å². The van der Waals surface area contributed by atoms with Crippen LogP contribution in [0.3, 0.4) is 0 Å². The molecule has 0 radical (unpaired) electrons. The number of para-hydroxylation sites is 1. The number of ether oxygens (including phenoxy) is 1. The summed E-state index contributed by atoms with van der Waals surface area (Å²) < 4.78 is 6.98. The smallest absolute Gasteiger partial charge is 0.123 e. The lowest BCUT2D eigenvalue weighted by Crippen LogP contribution is -2.02. The number of hydrogen-bond donors (Lipinski definition) is 2. The summed E-state index contributed by atoms with van der Waals surface area (Å²) >= 11 is 0. The van der Waals surface area contributed by atoms with E-state index < -0.39 is 0 Å². The molecule has 0 unspecified atom stereocenters. The van der Waals surface area contributed by atoms with Crippen LogP contribution in [-0.2, 0) is 13.1 Å². The Morgan fingerprint density at radius 2 is 2.22 bits per heavy atom. The molecular weight excluding hydrogens is 230 g/mol. The van der Waals surface area contributed by atoms with Crippen molar-refractivity contribution in [2.75, 3.05) is 19.0 Å². The maximum atomic E-state index is 8.81. The summed E-state index contributed by atoms with van der Waals surface area (Å²) in [7, 11) is 1.66. The second-order valence-electron chi connectivity index (χ2n) is 3.88. The zero-order valence-corrected chi connectivity index (χ0v) is 10.3. The second kappa shape index (κ2) is 6.07. The van der Waals surface area contributed by atoms with Gasteiger partial charge in [-0.2, -0.15) is 5.10 Å². The molecule has 5 heteroatoms. The first-order chi connectivity index (χ1) is 8.83. The minimum Gasteiger partial charge on any atom is -0.496 e. The van der Waals surface area contributed by atoms with Gasteiger partial charge in [-0.25, -0.2) is 0 Å². The molecule has 0 saturated heterocycles. The molecule has 0 aliphatic carbocycles. The maximum Gasteiger partial charge on any atom is 0.123 e. The summed E-state index contributed by atoms with van der Waals surface area (Å²) in [5, 5.41) is 16.2. The number of methoxy groups -OCH3 is 1. The number of hydrogen-bond acceptors (Lipinski definition) is 4. The molecule has 0 atom stereocenters. The number of nitrogens with zero attached hydrogens (tertiary/aromatic N) is 2. The molecule has 1 aromatic heterocycles. The fourth-order valence-corrected chi connectivity index (χ4v) is 1.73. The molecule has 0 spiro atoms. The van der Waals surface area contributed by atoms with Crippen LogP contribution in [-0.4, -0.2) is 28.6 Å². The highest BCUT2D eigenvalue weighted by Crippen LogP contribution is 2.18. The predicted octanol–water partition coefficient (Wildman–Crippen LogP) is 1.50. The van der Waals surface area contributed by atoms with Gasteiger partial charge < -0.3 is 15.2 Å². The average Bonchev–Trinajstić information content (AvgIpc) is 2.85. The molecule has 0 aliphatic rings. The van der Waals surface area contributed by atoms with E-state index in [2.05, 4.69) is 10.4 Å². The van der Waals surface area contributed by atoms with Crippen molar-refractivity contribution in [3.8, 4) is 5.75 Å². The summed E-state index contributed by atoms with van der Waals surface area (Å²) in [4.78, 5) is 0. The Morgan fingerprint density at radius 1 is 1.39 bits per heavy atom. The molecule has 1 aromatic carbocycles. The molecule has 0 bridgehead atoms. The van der Waals surface area contributed by atoms with Crippen molar-refractivity contribution in [1.29, 1.82) is 0 Å². The van der Waals surface area contributed by atoms with Crippen molar-refractivity contribution in [2.24, 2.45) is 0 Å². The zero-order chi connectivity index (χ0) is 12.8. The van der Waals surface area contributed by atoms with Gasteiger partial charge >= 0.3 is 0 Å². The molecule has 0 aliphatic heterocycles. The first-order valence-corrected chi connectivity index (χ1v) is 5.82. The first kappa shape index (κ1) is 12.4. The zero-order valence-electron chi connectivity index (χ0n) is 10.3. The lowest BCUT2D eigenvalue weighted by Gasteiger charge is -2.08. The van der Waals surface area contributed by atoms with E-state index in [1.165, 1.54) is 0 Å². The number of aliphatic hydroxyl groups is 1. The van der Waals surface area contributed by atoms with Crippen molar-refractivity contribution in [2.45, 2.75) is 13.1 Å². The Hall–Kier alpha value is -2.01. The molecule has 2 N–H and O–H groups in total. The van der Waals surface area contributed by atoms with Gasteiger partial charge in [-0.1, -0.05) is 18.2 Å². The van der Waals surface area contributed by atoms with Crippen LogP contribution < -0.4 is 10.1 Å². The Balaban J connectivity index is 1.97. The number of nitrogens with one attached hydrogen (secondary N) is 1. The maximum absolute atomic E-state index is 8.81. The molecule has 5 nitrogen and oxygen atoms in total. The third kappa shape index (κ3) is 3.01. The van der Waals surface area contributed by atoms with E-state index in [4.69, 9.17) is 9.84 Å². The van der Waals surface area contributed by atoms with Crippen molar-refractivity contribution < 1.29 is 9.84 Å². The topological polar surface area (TPSA) is 59.3 Å². The Morgan fingerprint density at radius 3 is 3.00 bits per heavy atom. The lowest BCUT2D eigenvalue weighted by molar-refractivity contribution is 0.269. The standard InChI is InChI=1S/C13H17N3O2/c1-18-13-5-3-2-4-11(13)8-14-12-9-15-16(10-12)6-7-17/h2-5,9-10,14,17H,6-8H2,1H3. The predicted molar refractivity (Wildman–Crippen MR) is 69.6 cm³/mol. The molecular formula is C13H17N3O2. The highest BCUT2D eigenvalue weighted by molar-refractivity contribution is 5.42. The monoisotopic (exact) mass is 247 g/mol. The van der Waals surface area contributed by atoms with Crippen LogP contribution in [0.15, 0.2) is 36.7 Å². The van der Waals surface area contributed by atoms with E-state index in [0.717, 1.165) is 17.0 Å². The van der Waals surface area contributed by atoms with E-state index in [1.54, 1.807) is 18.0 Å². The third-order valence-electron chi connectivity index (χ3n) is 2.64. The van der Waals surface area contributed by atoms with E-state index in [0.29, 0.717) is 13.1 Å². The van der Waals surface area contributed by atoms with Gasteiger partial charge in [-0.3, -0.25) is 4.68 Å². The highest BCUT2D eigenvalue weighted by Gasteiger charge is 2.02. The first-order valence-electron chi connectivity index (χ1n) is 5.82. The summed E-state index contributed by atoms with van der Waals surface area (Å²) in [5.74, 6) is 0.868. The van der Waals surface area contributed by atoms with Gasteiger partial charge in [0.1, 0.15) is 5.75 Å². The van der Waals surface area contributed by atoms with Gasteiger partial charge in [0.2, 0.25) is 0 Å². The normalized spacial score (nSPS) is 10.3. The molecule has 1 heterocycles. The Labute approximate surface area is 106 Å². The molecule has 0 fully saturated rings. The number of benzene rings is 1. The fraction of sp³-hybridized carbons (Fsp3) is 0.308. The van der Waals surface area contributed by atoms with Crippen LogP contribution >= 0.6 is 0 Å². The Bertz CT molecular complexity index is 496. The molecule has 18 heavy (non-hydrogen) atoms. The number of aliphatic hydroxyl groups excluding tert-OH is 1. The van der Waals surface area contributed by atoms with Crippen LogP contribution in [0.1, 0.15) is 5.56 Å².